The van der Waals surface area contributed by atoms with E-state index in [1.807, 2.05) is 6.07 Å². The highest BCUT2D eigenvalue weighted by molar-refractivity contribution is 6.02. The molecular formula is C18H20N4O. The Morgan fingerprint density at radius 3 is 2.74 bits per heavy atom. The number of nitrogens with zero attached hydrogens (tertiary/aromatic N) is 3. The number of benzene rings is 1. The Labute approximate surface area is 136 Å². The van der Waals surface area contributed by atoms with Crippen molar-refractivity contribution in [2.75, 3.05) is 6.54 Å². The Bertz CT molecular complexity index is 712. The first-order valence-corrected chi connectivity index (χ1v) is 8.34. The fraction of sp³-hybridized carbons (Fsp3) is 0.500. The maximum atomic E-state index is 12.4. The van der Waals surface area contributed by atoms with Crippen molar-refractivity contribution in [2.24, 2.45) is 10.9 Å². The molecule has 1 spiro atoms. The highest BCUT2D eigenvalue weighted by atomic mass is 16.2. The minimum atomic E-state index is -0.647. The first-order chi connectivity index (χ1) is 11.2. The predicted octanol–water partition coefficient (Wildman–Crippen LogP) is 1.98. The second-order valence-corrected chi connectivity index (χ2v) is 6.74. The average Bonchev–Trinajstić information content (AvgIpc) is 3.03. The Balaban J connectivity index is 1.66. The van der Waals surface area contributed by atoms with Gasteiger partial charge >= 0.3 is 0 Å². The molecule has 1 N–H and O–H groups in total. The Morgan fingerprint density at radius 1 is 1.26 bits per heavy atom. The number of rotatable bonds is 0. The van der Waals surface area contributed by atoms with Crippen molar-refractivity contribution in [3.8, 4) is 6.07 Å². The second kappa shape index (κ2) is 5.38. The largest absolute Gasteiger partial charge is 0.338 e. The van der Waals surface area contributed by atoms with Crippen molar-refractivity contribution in [3.05, 3.63) is 35.4 Å². The van der Waals surface area contributed by atoms with Crippen LogP contribution in [0.1, 0.15) is 36.8 Å². The van der Waals surface area contributed by atoms with Gasteiger partial charge in [0.15, 0.2) is 5.92 Å². The third-order valence-corrected chi connectivity index (χ3v) is 5.39. The maximum Gasteiger partial charge on any atom is 0.246 e. The molecule has 1 aliphatic carbocycles. The van der Waals surface area contributed by atoms with Crippen LogP contribution in [-0.4, -0.2) is 28.9 Å². The summed E-state index contributed by atoms with van der Waals surface area (Å²) >= 11 is 0. The van der Waals surface area contributed by atoms with Gasteiger partial charge in [0, 0.05) is 13.1 Å². The smallest absolute Gasteiger partial charge is 0.246 e. The third-order valence-electron chi connectivity index (χ3n) is 5.39. The molecule has 1 aromatic rings. The van der Waals surface area contributed by atoms with Gasteiger partial charge in [-0.05, 0) is 30.4 Å². The van der Waals surface area contributed by atoms with Gasteiger partial charge in [-0.3, -0.25) is 10.1 Å². The van der Waals surface area contributed by atoms with Gasteiger partial charge in [0.2, 0.25) is 11.9 Å². The van der Waals surface area contributed by atoms with Gasteiger partial charge in [0.1, 0.15) is 0 Å². The van der Waals surface area contributed by atoms with E-state index in [1.165, 1.54) is 11.1 Å². The molecule has 5 nitrogen and oxygen atoms in total. The molecule has 0 bridgehead atoms. The summed E-state index contributed by atoms with van der Waals surface area (Å²) in [6, 6.07) is 10.6. The van der Waals surface area contributed by atoms with Gasteiger partial charge in [-0.1, -0.05) is 37.1 Å². The average molecular weight is 308 g/mol. The summed E-state index contributed by atoms with van der Waals surface area (Å²) < 4.78 is 0. The third kappa shape index (κ3) is 2.29. The molecule has 1 fully saturated rings. The summed E-state index contributed by atoms with van der Waals surface area (Å²) in [5.41, 5.74) is 2.17. The molecule has 0 saturated heterocycles. The highest BCUT2D eigenvalue weighted by Crippen LogP contribution is 2.41. The first kappa shape index (κ1) is 14.3. The Morgan fingerprint density at radius 2 is 2.00 bits per heavy atom. The zero-order valence-corrected chi connectivity index (χ0v) is 13.1. The van der Waals surface area contributed by atoms with Crippen LogP contribution in [0.2, 0.25) is 0 Å². The second-order valence-electron chi connectivity index (χ2n) is 6.74. The number of carbonyl (C=O) groups excluding carboxylic acids is 1. The zero-order valence-electron chi connectivity index (χ0n) is 13.1. The molecule has 4 rings (SSSR count). The standard InChI is InChI=1S/C18H20N4O/c19-11-15-16(23)20-17(21-18(15)8-3-4-9-18)22-10-7-13-5-1-2-6-14(13)12-22/h1-2,5-6,15H,3-4,7-10,12H2,(H,20,21,23)/t15-/m0/s1. The fourth-order valence-electron chi connectivity index (χ4n) is 4.12. The lowest BCUT2D eigenvalue weighted by Crippen LogP contribution is -2.57. The first-order valence-electron chi connectivity index (χ1n) is 8.34. The predicted molar refractivity (Wildman–Crippen MR) is 86.4 cm³/mol. The summed E-state index contributed by atoms with van der Waals surface area (Å²) in [4.78, 5) is 19.5. The number of hydrogen-bond donors (Lipinski definition) is 1. The molecule has 0 aromatic heterocycles. The van der Waals surface area contributed by atoms with E-state index in [9.17, 15) is 10.1 Å². The van der Waals surface area contributed by atoms with Gasteiger partial charge in [0.05, 0.1) is 11.6 Å². The number of aliphatic imine (C=N–C) groups is 1. The monoisotopic (exact) mass is 308 g/mol. The van der Waals surface area contributed by atoms with E-state index in [1.54, 1.807) is 0 Å². The van der Waals surface area contributed by atoms with Crippen LogP contribution in [-0.2, 0) is 17.8 Å². The lowest BCUT2D eigenvalue weighted by Gasteiger charge is -2.39. The molecule has 1 amide bonds. The summed E-state index contributed by atoms with van der Waals surface area (Å²) in [6.07, 6.45) is 4.73. The van der Waals surface area contributed by atoms with Gasteiger partial charge in [-0.25, -0.2) is 4.99 Å². The molecule has 1 atom stereocenters. The number of amides is 1. The van der Waals surface area contributed by atoms with Crippen molar-refractivity contribution in [3.63, 3.8) is 0 Å². The van der Waals surface area contributed by atoms with Crippen LogP contribution in [0.5, 0.6) is 0 Å². The minimum absolute atomic E-state index is 0.182. The van der Waals surface area contributed by atoms with Gasteiger partial charge in [-0.15, -0.1) is 0 Å². The number of hydrogen-bond acceptors (Lipinski definition) is 4. The summed E-state index contributed by atoms with van der Waals surface area (Å²) in [6.45, 7) is 1.62. The van der Waals surface area contributed by atoms with E-state index < -0.39 is 11.5 Å². The van der Waals surface area contributed by atoms with Gasteiger partial charge in [-0.2, -0.15) is 5.26 Å². The van der Waals surface area contributed by atoms with Crippen LogP contribution in [0.15, 0.2) is 29.3 Å². The highest BCUT2D eigenvalue weighted by Gasteiger charge is 2.49. The lowest BCUT2D eigenvalue weighted by molar-refractivity contribution is -0.124. The fourth-order valence-corrected chi connectivity index (χ4v) is 4.12. The molecule has 5 heteroatoms. The molecule has 0 radical (unpaired) electrons. The van der Waals surface area contributed by atoms with Crippen molar-refractivity contribution in [1.29, 1.82) is 5.26 Å². The van der Waals surface area contributed by atoms with Crippen molar-refractivity contribution in [1.82, 2.24) is 10.2 Å². The van der Waals surface area contributed by atoms with E-state index in [-0.39, 0.29) is 5.91 Å². The number of carbonyl (C=O) groups is 1. The van der Waals surface area contributed by atoms with E-state index in [4.69, 9.17) is 4.99 Å². The minimum Gasteiger partial charge on any atom is -0.338 e. The quantitative estimate of drug-likeness (QED) is 0.797. The number of guanidine groups is 1. The van der Waals surface area contributed by atoms with E-state index in [0.717, 1.165) is 45.2 Å². The van der Waals surface area contributed by atoms with Gasteiger partial charge < -0.3 is 4.90 Å². The molecule has 2 aliphatic heterocycles. The van der Waals surface area contributed by atoms with Crippen LogP contribution in [0.4, 0.5) is 0 Å². The lowest BCUT2D eigenvalue weighted by atomic mass is 9.82. The van der Waals surface area contributed by atoms with Crippen molar-refractivity contribution < 1.29 is 4.79 Å². The van der Waals surface area contributed by atoms with E-state index in [2.05, 4.69) is 34.5 Å². The molecule has 3 aliphatic rings. The van der Waals surface area contributed by atoms with Crippen LogP contribution < -0.4 is 5.32 Å². The number of nitriles is 1. The summed E-state index contributed by atoms with van der Waals surface area (Å²) in [5.74, 6) is -0.165. The van der Waals surface area contributed by atoms with Crippen LogP contribution in [0.3, 0.4) is 0 Å². The van der Waals surface area contributed by atoms with Crippen molar-refractivity contribution in [2.45, 2.75) is 44.2 Å². The number of nitrogens with one attached hydrogen (secondary N) is 1. The van der Waals surface area contributed by atoms with Crippen molar-refractivity contribution >= 4 is 11.9 Å². The molecule has 23 heavy (non-hydrogen) atoms. The molecule has 1 saturated carbocycles. The van der Waals surface area contributed by atoms with E-state index in [0.29, 0.717) is 5.96 Å². The molecule has 0 unspecified atom stereocenters. The maximum absolute atomic E-state index is 12.4. The molecular weight excluding hydrogens is 288 g/mol. The Hall–Kier alpha value is -2.35. The SMILES string of the molecule is N#C[C@H]1C(=O)NC(N2CCc3ccccc3C2)=NC12CCCC2. The zero-order chi connectivity index (χ0) is 15.9. The topological polar surface area (TPSA) is 68.5 Å². The summed E-state index contributed by atoms with van der Waals surface area (Å²) in [7, 11) is 0. The molecule has 118 valence electrons. The number of fused-ring (bicyclic) bond motifs is 1. The van der Waals surface area contributed by atoms with Crippen LogP contribution >= 0.6 is 0 Å². The van der Waals surface area contributed by atoms with Gasteiger partial charge in [0.25, 0.3) is 0 Å². The summed E-state index contributed by atoms with van der Waals surface area (Å²) in [5, 5.41) is 12.3. The molecule has 2 heterocycles. The Kier molecular flexibility index (Phi) is 3.33. The molecule has 1 aromatic carbocycles. The van der Waals surface area contributed by atoms with Crippen LogP contribution in [0.25, 0.3) is 0 Å². The van der Waals surface area contributed by atoms with Crippen LogP contribution in [0, 0.1) is 17.2 Å². The van der Waals surface area contributed by atoms with E-state index >= 15 is 0 Å². The normalized spacial score (nSPS) is 25.5.